The second-order valence-corrected chi connectivity index (χ2v) is 7.83. The van der Waals surface area contributed by atoms with E-state index in [2.05, 4.69) is 30.4 Å². The van der Waals surface area contributed by atoms with Gasteiger partial charge < -0.3 is 10.3 Å². The van der Waals surface area contributed by atoms with Crippen LogP contribution in [0.15, 0.2) is 53.8 Å². The Kier molecular flexibility index (Phi) is 4.74. The van der Waals surface area contributed by atoms with Crippen molar-refractivity contribution in [1.82, 2.24) is 29.7 Å². The minimum atomic E-state index is -0.0570. The summed E-state index contributed by atoms with van der Waals surface area (Å²) < 4.78 is 1.65. The van der Waals surface area contributed by atoms with Crippen molar-refractivity contribution < 1.29 is 0 Å². The monoisotopic (exact) mass is 401 g/mol. The molecule has 4 aromatic rings. The number of anilines is 1. The van der Waals surface area contributed by atoms with Crippen molar-refractivity contribution in [2.75, 3.05) is 5.32 Å². The molecule has 0 atom stereocenters. The van der Waals surface area contributed by atoms with Gasteiger partial charge in [-0.05, 0) is 56.9 Å². The maximum atomic E-state index is 12.5. The van der Waals surface area contributed by atoms with Gasteiger partial charge in [0, 0.05) is 35.8 Å². The molecule has 1 aliphatic rings. The standard InChI is InChI=1S/C22H23N7O/c1-14-11-19-21(26-14)22(25-13-24-19)27-16-4-6-17(7-5-16)29-20(30)9-8-18(28-29)15-3-2-10-23-12-15/h2-3,8-13,16-17,26H,4-7H2,1H3,(H,24,25,27). The third-order valence-corrected chi connectivity index (χ3v) is 5.72. The molecule has 0 spiro atoms. The Bertz CT molecular complexity index is 1220. The number of aryl methyl sites for hydroxylation is 1. The molecule has 1 fully saturated rings. The average molecular weight is 401 g/mol. The van der Waals surface area contributed by atoms with E-state index in [1.54, 1.807) is 35.5 Å². The zero-order valence-corrected chi connectivity index (χ0v) is 16.7. The highest BCUT2D eigenvalue weighted by atomic mass is 16.1. The maximum absolute atomic E-state index is 12.5. The van der Waals surface area contributed by atoms with Crippen LogP contribution >= 0.6 is 0 Å². The quantitative estimate of drug-likeness (QED) is 0.543. The van der Waals surface area contributed by atoms with Gasteiger partial charge in [-0.3, -0.25) is 9.78 Å². The van der Waals surface area contributed by atoms with Gasteiger partial charge in [-0.25, -0.2) is 14.6 Å². The van der Waals surface area contributed by atoms with Gasteiger partial charge in [0.2, 0.25) is 0 Å². The second kappa shape index (κ2) is 7.70. The van der Waals surface area contributed by atoms with Crippen molar-refractivity contribution in [2.24, 2.45) is 0 Å². The summed E-state index contributed by atoms with van der Waals surface area (Å²) in [6.45, 7) is 2.01. The Labute approximate surface area is 173 Å². The second-order valence-electron chi connectivity index (χ2n) is 7.83. The van der Waals surface area contributed by atoms with Gasteiger partial charge in [0.25, 0.3) is 5.56 Å². The number of pyridine rings is 1. The van der Waals surface area contributed by atoms with Gasteiger partial charge in [-0.1, -0.05) is 0 Å². The zero-order chi connectivity index (χ0) is 20.5. The zero-order valence-electron chi connectivity index (χ0n) is 16.7. The first kappa shape index (κ1) is 18.5. The van der Waals surface area contributed by atoms with Crippen molar-refractivity contribution in [3.8, 4) is 11.3 Å². The summed E-state index contributed by atoms with van der Waals surface area (Å²) in [5.41, 5.74) is 4.56. The van der Waals surface area contributed by atoms with E-state index >= 15 is 0 Å². The third-order valence-electron chi connectivity index (χ3n) is 5.72. The molecule has 1 aliphatic carbocycles. The van der Waals surface area contributed by atoms with Gasteiger partial charge in [0.05, 0.1) is 17.3 Å². The van der Waals surface area contributed by atoms with Gasteiger partial charge >= 0.3 is 0 Å². The highest BCUT2D eigenvalue weighted by molar-refractivity contribution is 5.86. The number of aromatic amines is 1. The van der Waals surface area contributed by atoms with Crippen molar-refractivity contribution in [3.63, 3.8) is 0 Å². The van der Waals surface area contributed by atoms with E-state index in [4.69, 9.17) is 0 Å². The summed E-state index contributed by atoms with van der Waals surface area (Å²) in [4.78, 5) is 28.7. The Morgan fingerprint density at radius 1 is 1.13 bits per heavy atom. The van der Waals surface area contributed by atoms with Crippen LogP contribution in [0, 0.1) is 6.92 Å². The normalized spacial score (nSPS) is 19.1. The number of rotatable bonds is 4. The molecule has 1 saturated carbocycles. The number of hydrogen-bond donors (Lipinski definition) is 2. The SMILES string of the molecule is Cc1cc2ncnc(NC3CCC(n4nc(-c5cccnc5)ccc4=O)CC3)c2[nH]1. The number of H-pyrrole nitrogens is 1. The van der Waals surface area contributed by atoms with E-state index < -0.39 is 0 Å². The summed E-state index contributed by atoms with van der Waals surface area (Å²) in [6.07, 6.45) is 8.76. The Morgan fingerprint density at radius 2 is 2.00 bits per heavy atom. The number of aromatic nitrogens is 6. The molecule has 8 nitrogen and oxygen atoms in total. The first-order valence-electron chi connectivity index (χ1n) is 10.2. The molecule has 0 bridgehead atoms. The number of fused-ring (bicyclic) bond motifs is 1. The average Bonchev–Trinajstić information content (AvgIpc) is 3.17. The summed E-state index contributed by atoms with van der Waals surface area (Å²) in [5, 5.41) is 8.20. The molecule has 152 valence electrons. The van der Waals surface area contributed by atoms with Crippen molar-refractivity contribution in [2.45, 2.75) is 44.7 Å². The van der Waals surface area contributed by atoms with Gasteiger partial charge in [0.15, 0.2) is 5.82 Å². The molecule has 2 N–H and O–H groups in total. The van der Waals surface area contributed by atoms with Crippen LogP contribution in [0.1, 0.15) is 37.4 Å². The molecule has 4 aromatic heterocycles. The van der Waals surface area contributed by atoms with Crippen LogP contribution in [-0.2, 0) is 0 Å². The van der Waals surface area contributed by atoms with E-state index in [1.807, 2.05) is 25.1 Å². The van der Waals surface area contributed by atoms with Crippen LogP contribution in [-0.4, -0.2) is 35.8 Å². The van der Waals surface area contributed by atoms with Crippen LogP contribution in [0.2, 0.25) is 0 Å². The van der Waals surface area contributed by atoms with Crippen LogP contribution in [0.25, 0.3) is 22.3 Å². The largest absolute Gasteiger partial charge is 0.365 e. The summed E-state index contributed by atoms with van der Waals surface area (Å²) in [5.74, 6) is 0.838. The summed E-state index contributed by atoms with van der Waals surface area (Å²) in [6, 6.07) is 9.62. The maximum Gasteiger partial charge on any atom is 0.267 e. The number of nitrogens with zero attached hydrogens (tertiary/aromatic N) is 5. The molecule has 8 heteroatoms. The Balaban J connectivity index is 1.31. The minimum Gasteiger partial charge on any atom is -0.365 e. The van der Waals surface area contributed by atoms with Crippen LogP contribution in [0.3, 0.4) is 0 Å². The fraction of sp³-hybridized carbons (Fsp3) is 0.318. The molecule has 0 unspecified atom stereocenters. The predicted molar refractivity (Wildman–Crippen MR) is 115 cm³/mol. The Hall–Kier alpha value is -3.55. The lowest BCUT2D eigenvalue weighted by Gasteiger charge is -2.30. The van der Waals surface area contributed by atoms with E-state index in [1.165, 1.54) is 0 Å². The molecule has 0 amide bonds. The molecule has 0 aromatic carbocycles. The minimum absolute atomic E-state index is 0.0570. The molecular weight excluding hydrogens is 378 g/mol. The lowest BCUT2D eigenvalue weighted by Crippen LogP contribution is -2.33. The van der Waals surface area contributed by atoms with Crippen LogP contribution in [0.5, 0.6) is 0 Å². The smallest absolute Gasteiger partial charge is 0.267 e. The summed E-state index contributed by atoms with van der Waals surface area (Å²) >= 11 is 0. The van der Waals surface area contributed by atoms with Crippen LogP contribution < -0.4 is 10.9 Å². The van der Waals surface area contributed by atoms with Gasteiger partial charge in [-0.15, -0.1) is 0 Å². The molecule has 0 saturated heterocycles. The highest BCUT2D eigenvalue weighted by Crippen LogP contribution is 2.30. The fourth-order valence-corrected chi connectivity index (χ4v) is 4.19. The molecule has 0 aliphatic heterocycles. The van der Waals surface area contributed by atoms with E-state index in [9.17, 15) is 4.79 Å². The summed E-state index contributed by atoms with van der Waals surface area (Å²) in [7, 11) is 0. The van der Waals surface area contributed by atoms with E-state index in [0.717, 1.165) is 59.5 Å². The van der Waals surface area contributed by atoms with Gasteiger partial charge in [0.1, 0.15) is 11.8 Å². The molecule has 0 radical (unpaired) electrons. The number of nitrogens with one attached hydrogen (secondary N) is 2. The number of hydrogen-bond acceptors (Lipinski definition) is 6. The molecular formula is C22H23N7O. The Morgan fingerprint density at radius 3 is 2.80 bits per heavy atom. The first-order valence-corrected chi connectivity index (χ1v) is 10.2. The molecule has 4 heterocycles. The lowest BCUT2D eigenvalue weighted by atomic mass is 9.91. The highest BCUT2D eigenvalue weighted by Gasteiger charge is 2.25. The van der Waals surface area contributed by atoms with Crippen molar-refractivity contribution in [3.05, 3.63) is 65.1 Å². The van der Waals surface area contributed by atoms with Crippen molar-refractivity contribution in [1.29, 1.82) is 0 Å². The van der Waals surface area contributed by atoms with Gasteiger partial charge in [-0.2, -0.15) is 5.10 Å². The van der Waals surface area contributed by atoms with E-state index in [0.29, 0.717) is 6.04 Å². The lowest BCUT2D eigenvalue weighted by molar-refractivity contribution is 0.304. The van der Waals surface area contributed by atoms with Crippen molar-refractivity contribution >= 4 is 16.9 Å². The van der Waals surface area contributed by atoms with E-state index in [-0.39, 0.29) is 11.6 Å². The van der Waals surface area contributed by atoms with Crippen LogP contribution in [0.4, 0.5) is 5.82 Å². The third kappa shape index (κ3) is 3.56. The predicted octanol–water partition coefficient (Wildman–Crippen LogP) is 3.48. The molecule has 5 rings (SSSR count). The topological polar surface area (TPSA) is 101 Å². The molecule has 30 heavy (non-hydrogen) atoms. The first-order chi connectivity index (χ1) is 14.7. The fourth-order valence-electron chi connectivity index (χ4n) is 4.19.